The number of furan rings is 1. The molecule has 2 saturated carbocycles. The lowest BCUT2D eigenvalue weighted by Crippen LogP contribution is -2.32. The molecule has 142 valence electrons. The summed E-state index contributed by atoms with van der Waals surface area (Å²) in [6.07, 6.45) is 3.27. The van der Waals surface area contributed by atoms with E-state index in [4.69, 9.17) is 10.2 Å². The standard InChI is InChI=1S/C21H25N3O3/c1-13-10-18(13)19-9-8-17(27-19)12-24(16-6-7-16)20(25)15-4-2-14(3-5-15)11-23-21(22)26/h2-5,8-9,13,16,18H,6-7,10-12H2,1H3,(H3,22,23,26)/t13-,18+/m0/s1. The van der Waals surface area contributed by atoms with Gasteiger partial charge in [-0.05, 0) is 55.0 Å². The van der Waals surface area contributed by atoms with Crippen molar-refractivity contribution in [2.45, 2.75) is 51.2 Å². The lowest BCUT2D eigenvalue weighted by atomic mass is 10.1. The first kappa shape index (κ1) is 17.6. The highest BCUT2D eigenvalue weighted by Gasteiger charge is 2.37. The van der Waals surface area contributed by atoms with Crippen molar-refractivity contribution in [1.29, 1.82) is 0 Å². The second-order valence-electron chi connectivity index (χ2n) is 7.70. The Hall–Kier alpha value is -2.76. The molecule has 2 atom stereocenters. The fourth-order valence-electron chi connectivity index (χ4n) is 3.44. The van der Waals surface area contributed by atoms with E-state index >= 15 is 0 Å². The molecule has 27 heavy (non-hydrogen) atoms. The van der Waals surface area contributed by atoms with Crippen LogP contribution >= 0.6 is 0 Å². The van der Waals surface area contributed by atoms with Crippen LogP contribution < -0.4 is 11.1 Å². The van der Waals surface area contributed by atoms with Gasteiger partial charge in [-0.3, -0.25) is 4.79 Å². The first-order chi connectivity index (χ1) is 13.0. The topological polar surface area (TPSA) is 88.6 Å². The van der Waals surface area contributed by atoms with Gasteiger partial charge in [-0.15, -0.1) is 0 Å². The first-order valence-electron chi connectivity index (χ1n) is 9.53. The summed E-state index contributed by atoms with van der Waals surface area (Å²) in [5, 5.41) is 2.54. The van der Waals surface area contributed by atoms with E-state index in [0.29, 0.717) is 36.5 Å². The molecule has 2 aliphatic carbocycles. The van der Waals surface area contributed by atoms with Gasteiger partial charge in [-0.25, -0.2) is 4.79 Å². The molecule has 0 aliphatic heterocycles. The number of urea groups is 1. The van der Waals surface area contributed by atoms with Gasteiger partial charge in [0.15, 0.2) is 0 Å². The van der Waals surface area contributed by atoms with Crippen LogP contribution in [0.25, 0.3) is 0 Å². The minimum absolute atomic E-state index is 0.0182. The van der Waals surface area contributed by atoms with Crippen molar-refractivity contribution >= 4 is 11.9 Å². The molecule has 2 aromatic rings. The maximum atomic E-state index is 13.0. The van der Waals surface area contributed by atoms with E-state index in [1.54, 1.807) is 12.1 Å². The predicted octanol–water partition coefficient (Wildman–Crippen LogP) is 3.38. The first-order valence-corrected chi connectivity index (χ1v) is 9.53. The molecular formula is C21H25N3O3. The SMILES string of the molecule is C[C@H]1C[C@H]1c1ccc(CN(C(=O)c2ccc(CNC(N)=O)cc2)C2CC2)o1. The third-order valence-electron chi connectivity index (χ3n) is 5.40. The summed E-state index contributed by atoms with van der Waals surface area (Å²) in [6, 6.07) is 11.1. The van der Waals surface area contributed by atoms with E-state index in [0.717, 1.165) is 29.9 Å². The van der Waals surface area contributed by atoms with Crippen LogP contribution in [0.1, 0.15) is 59.5 Å². The van der Waals surface area contributed by atoms with E-state index in [9.17, 15) is 9.59 Å². The van der Waals surface area contributed by atoms with Crippen LogP contribution in [0, 0.1) is 5.92 Å². The number of hydrogen-bond acceptors (Lipinski definition) is 3. The number of rotatable bonds is 7. The molecule has 0 bridgehead atoms. The highest BCUT2D eigenvalue weighted by Crippen LogP contribution is 2.47. The van der Waals surface area contributed by atoms with Crippen molar-refractivity contribution in [1.82, 2.24) is 10.2 Å². The molecule has 0 radical (unpaired) electrons. The van der Waals surface area contributed by atoms with Crippen molar-refractivity contribution in [3.8, 4) is 0 Å². The average Bonchev–Trinajstić information content (AvgIpc) is 3.58. The molecule has 0 spiro atoms. The van der Waals surface area contributed by atoms with Gasteiger partial charge < -0.3 is 20.4 Å². The quantitative estimate of drug-likeness (QED) is 0.786. The zero-order valence-electron chi connectivity index (χ0n) is 15.5. The maximum absolute atomic E-state index is 13.0. The number of primary amides is 1. The third kappa shape index (κ3) is 4.15. The van der Waals surface area contributed by atoms with Gasteiger partial charge in [0.05, 0.1) is 6.54 Å². The summed E-state index contributed by atoms with van der Waals surface area (Å²) in [6.45, 7) is 3.09. The van der Waals surface area contributed by atoms with E-state index in [1.807, 2.05) is 23.1 Å². The maximum Gasteiger partial charge on any atom is 0.312 e. The van der Waals surface area contributed by atoms with E-state index in [2.05, 4.69) is 18.3 Å². The Balaban J connectivity index is 1.43. The van der Waals surface area contributed by atoms with Gasteiger partial charge in [0.2, 0.25) is 0 Å². The number of nitrogens with zero attached hydrogens (tertiary/aromatic N) is 1. The van der Waals surface area contributed by atoms with Crippen LogP contribution in [0.4, 0.5) is 4.79 Å². The Morgan fingerprint density at radius 2 is 1.89 bits per heavy atom. The molecule has 0 saturated heterocycles. The van der Waals surface area contributed by atoms with Crippen LogP contribution in [0.5, 0.6) is 0 Å². The normalized spacial score (nSPS) is 20.9. The highest BCUT2D eigenvalue weighted by atomic mass is 16.3. The van der Waals surface area contributed by atoms with E-state index < -0.39 is 6.03 Å². The van der Waals surface area contributed by atoms with Gasteiger partial charge in [-0.2, -0.15) is 0 Å². The summed E-state index contributed by atoms with van der Waals surface area (Å²) in [4.78, 5) is 25.7. The average molecular weight is 367 g/mol. The summed E-state index contributed by atoms with van der Waals surface area (Å²) < 4.78 is 6.00. The number of carbonyl (C=O) groups excluding carboxylic acids is 2. The molecule has 3 amide bonds. The molecular weight excluding hydrogens is 342 g/mol. The molecule has 3 N–H and O–H groups in total. The van der Waals surface area contributed by atoms with Crippen LogP contribution in [-0.4, -0.2) is 22.9 Å². The minimum atomic E-state index is -0.562. The smallest absolute Gasteiger partial charge is 0.312 e. The molecule has 1 aromatic carbocycles. The Morgan fingerprint density at radius 3 is 2.48 bits per heavy atom. The summed E-state index contributed by atoms with van der Waals surface area (Å²) >= 11 is 0. The highest BCUT2D eigenvalue weighted by molar-refractivity contribution is 5.94. The molecule has 2 fully saturated rings. The zero-order valence-corrected chi connectivity index (χ0v) is 15.5. The van der Waals surface area contributed by atoms with Crippen molar-refractivity contribution in [3.63, 3.8) is 0 Å². The van der Waals surface area contributed by atoms with Crippen LogP contribution in [-0.2, 0) is 13.1 Å². The number of benzene rings is 1. The third-order valence-corrected chi connectivity index (χ3v) is 5.40. The number of hydrogen-bond donors (Lipinski definition) is 2. The molecule has 4 rings (SSSR count). The van der Waals surface area contributed by atoms with Crippen molar-refractivity contribution in [3.05, 3.63) is 59.0 Å². The number of amides is 3. The van der Waals surface area contributed by atoms with E-state index in [1.165, 1.54) is 6.42 Å². The monoisotopic (exact) mass is 367 g/mol. The van der Waals surface area contributed by atoms with Gasteiger partial charge in [0.1, 0.15) is 11.5 Å². The van der Waals surface area contributed by atoms with Gasteiger partial charge >= 0.3 is 6.03 Å². The number of carbonyl (C=O) groups is 2. The van der Waals surface area contributed by atoms with E-state index in [-0.39, 0.29) is 5.91 Å². The molecule has 1 aromatic heterocycles. The Morgan fingerprint density at radius 1 is 1.19 bits per heavy atom. The number of nitrogens with one attached hydrogen (secondary N) is 1. The Kier molecular flexibility index (Phi) is 4.64. The molecule has 6 nitrogen and oxygen atoms in total. The Labute approximate surface area is 158 Å². The van der Waals surface area contributed by atoms with Crippen LogP contribution in [0.3, 0.4) is 0 Å². The lowest BCUT2D eigenvalue weighted by molar-refractivity contribution is 0.0716. The van der Waals surface area contributed by atoms with Crippen molar-refractivity contribution < 1.29 is 14.0 Å². The largest absolute Gasteiger partial charge is 0.464 e. The van der Waals surface area contributed by atoms with Crippen molar-refractivity contribution in [2.75, 3.05) is 0 Å². The molecule has 6 heteroatoms. The van der Waals surface area contributed by atoms with Gasteiger partial charge in [-0.1, -0.05) is 19.1 Å². The molecule has 2 aliphatic rings. The minimum Gasteiger partial charge on any atom is -0.464 e. The molecule has 1 heterocycles. The second kappa shape index (κ2) is 7.10. The fraction of sp³-hybridized carbons (Fsp3) is 0.429. The van der Waals surface area contributed by atoms with Crippen LogP contribution in [0.15, 0.2) is 40.8 Å². The Bertz CT molecular complexity index is 839. The lowest BCUT2D eigenvalue weighted by Gasteiger charge is -2.21. The fourth-order valence-corrected chi connectivity index (χ4v) is 3.44. The predicted molar refractivity (Wildman–Crippen MR) is 101 cm³/mol. The van der Waals surface area contributed by atoms with Gasteiger partial charge in [0.25, 0.3) is 5.91 Å². The summed E-state index contributed by atoms with van der Waals surface area (Å²) in [5.74, 6) is 3.17. The summed E-state index contributed by atoms with van der Waals surface area (Å²) in [7, 11) is 0. The van der Waals surface area contributed by atoms with Crippen molar-refractivity contribution in [2.24, 2.45) is 11.7 Å². The molecule has 0 unspecified atom stereocenters. The summed E-state index contributed by atoms with van der Waals surface area (Å²) in [5.41, 5.74) is 6.63. The second-order valence-corrected chi connectivity index (χ2v) is 7.70. The zero-order chi connectivity index (χ0) is 19.0. The van der Waals surface area contributed by atoms with Gasteiger partial charge in [0, 0.05) is 24.1 Å². The number of nitrogens with two attached hydrogens (primary N) is 1. The van der Waals surface area contributed by atoms with Crippen LogP contribution in [0.2, 0.25) is 0 Å².